The summed E-state index contributed by atoms with van der Waals surface area (Å²) in [4.78, 5) is 0. The molecule has 1 aromatic rings. The van der Waals surface area contributed by atoms with Gasteiger partial charge in [-0.3, -0.25) is 0 Å². The van der Waals surface area contributed by atoms with Gasteiger partial charge in [-0.25, -0.2) is 0 Å². The minimum Gasteiger partial charge on any atom is -0.325 e. The van der Waals surface area contributed by atoms with Crippen LogP contribution in [-0.2, 0) is 12.8 Å². The summed E-state index contributed by atoms with van der Waals surface area (Å²) in [6.45, 7) is 2.01. The Bertz CT molecular complexity index is 364. The highest BCUT2D eigenvalue weighted by Crippen LogP contribution is 2.25. The smallest absolute Gasteiger partial charge is 0.0198 e. The van der Waals surface area contributed by atoms with Crippen molar-refractivity contribution in [2.24, 2.45) is 5.73 Å². The van der Waals surface area contributed by atoms with Gasteiger partial charge < -0.3 is 5.73 Å². The molecule has 2 N–H and O–H groups in total. The van der Waals surface area contributed by atoms with Crippen LogP contribution in [0.25, 0.3) is 6.08 Å². The molecule has 1 aliphatic rings. The van der Waals surface area contributed by atoms with Crippen molar-refractivity contribution in [2.75, 3.05) is 0 Å². The summed E-state index contributed by atoms with van der Waals surface area (Å²) in [5.41, 5.74) is 10.2. The van der Waals surface area contributed by atoms with Crippen molar-refractivity contribution in [2.45, 2.75) is 38.6 Å². The Morgan fingerprint density at radius 1 is 1.27 bits per heavy atom. The minimum atomic E-state index is 0.143. The Morgan fingerprint density at radius 2 is 2.07 bits per heavy atom. The molecular weight excluding hydrogens is 182 g/mol. The standard InChI is InChI=1S/C14H19N/c1-11(15)9-10-13-7-4-6-12-5-2-3-8-14(12)13/h4,6-7,9-11H,2-3,5,8,15H2,1H3/b10-9+. The fraction of sp³-hybridized carbons (Fsp3) is 0.429. The zero-order valence-corrected chi connectivity index (χ0v) is 9.37. The van der Waals surface area contributed by atoms with Crippen molar-refractivity contribution in [1.29, 1.82) is 0 Å². The third-order valence-corrected chi connectivity index (χ3v) is 3.01. The summed E-state index contributed by atoms with van der Waals surface area (Å²) in [5, 5.41) is 0. The predicted molar refractivity (Wildman–Crippen MR) is 65.8 cm³/mol. The number of aryl methyl sites for hydroxylation is 1. The number of rotatable bonds is 2. The van der Waals surface area contributed by atoms with E-state index in [0.29, 0.717) is 0 Å². The van der Waals surface area contributed by atoms with E-state index in [1.54, 1.807) is 5.56 Å². The van der Waals surface area contributed by atoms with Gasteiger partial charge in [0.2, 0.25) is 0 Å². The molecule has 0 amide bonds. The van der Waals surface area contributed by atoms with Gasteiger partial charge in [0.25, 0.3) is 0 Å². The summed E-state index contributed by atoms with van der Waals surface area (Å²) in [6, 6.07) is 6.76. The van der Waals surface area contributed by atoms with E-state index in [1.807, 2.05) is 6.92 Å². The van der Waals surface area contributed by atoms with Crippen LogP contribution in [0.5, 0.6) is 0 Å². The van der Waals surface area contributed by atoms with Gasteiger partial charge in [-0.05, 0) is 49.3 Å². The van der Waals surface area contributed by atoms with E-state index in [-0.39, 0.29) is 6.04 Å². The highest BCUT2D eigenvalue weighted by molar-refractivity contribution is 5.57. The highest BCUT2D eigenvalue weighted by Gasteiger charge is 2.10. The molecule has 1 aromatic carbocycles. The van der Waals surface area contributed by atoms with E-state index in [1.165, 1.54) is 36.8 Å². The van der Waals surface area contributed by atoms with Gasteiger partial charge in [-0.15, -0.1) is 0 Å². The van der Waals surface area contributed by atoms with Gasteiger partial charge in [0.1, 0.15) is 0 Å². The van der Waals surface area contributed by atoms with Crippen molar-refractivity contribution in [3.8, 4) is 0 Å². The van der Waals surface area contributed by atoms with Crippen LogP contribution < -0.4 is 5.73 Å². The van der Waals surface area contributed by atoms with Gasteiger partial charge in [0.15, 0.2) is 0 Å². The van der Waals surface area contributed by atoms with Crippen LogP contribution in [0, 0.1) is 0 Å². The number of nitrogens with two attached hydrogens (primary N) is 1. The topological polar surface area (TPSA) is 26.0 Å². The van der Waals surface area contributed by atoms with Crippen LogP contribution in [0.3, 0.4) is 0 Å². The first-order valence-corrected chi connectivity index (χ1v) is 5.82. The fourth-order valence-electron chi connectivity index (χ4n) is 2.22. The molecule has 0 saturated carbocycles. The summed E-state index contributed by atoms with van der Waals surface area (Å²) in [6.07, 6.45) is 9.40. The van der Waals surface area contributed by atoms with E-state index in [9.17, 15) is 0 Å². The average molecular weight is 201 g/mol. The van der Waals surface area contributed by atoms with Crippen molar-refractivity contribution < 1.29 is 0 Å². The molecule has 0 aromatic heterocycles. The lowest BCUT2D eigenvalue weighted by atomic mass is 9.88. The maximum atomic E-state index is 5.73. The van der Waals surface area contributed by atoms with Crippen LogP contribution in [0.2, 0.25) is 0 Å². The second-order valence-electron chi connectivity index (χ2n) is 4.41. The lowest BCUT2D eigenvalue weighted by Crippen LogP contribution is -2.10. The van der Waals surface area contributed by atoms with Crippen LogP contribution in [-0.4, -0.2) is 6.04 Å². The zero-order chi connectivity index (χ0) is 10.7. The fourth-order valence-corrected chi connectivity index (χ4v) is 2.22. The van der Waals surface area contributed by atoms with E-state index < -0.39 is 0 Å². The summed E-state index contributed by atoms with van der Waals surface area (Å²) in [5.74, 6) is 0. The first-order chi connectivity index (χ1) is 7.27. The van der Waals surface area contributed by atoms with Gasteiger partial charge in [0.05, 0.1) is 0 Å². The molecule has 0 fully saturated rings. The van der Waals surface area contributed by atoms with Gasteiger partial charge in [-0.1, -0.05) is 30.4 Å². The molecule has 1 nitrogen and oxygen atoms in total. The van der Waals surface area contributed by atoms with Crippen LogP contribution >= 0.6 is 0 Å². The molecule has 0 heterocycles. The van der Waals surface area contributed by atoms with E-state index in [2.05, 4.69) is 30.4 Å². The minimum absolute atomic E-state index is 0.143. The molecule has 2 rings (SSSR count). The predicted octanol–water partition coefficient (Wildman–Crippen LogP) is 2.93. The number of benzene rings is 1. The first kappa shape index (κ1) is 10.4. The van der Waals surface area contributed by atoms with E-state index >= 15 is 0 Å². The molecule has 0 aliphatic heterocycles. The first-order valence-electron chi connectivity index (χ1n) is 5.82. The Balaban J connectivity index is 2.31. The van der Waals surface area contributed by atoms with Crippen LogP contribution in [0.15, 0.2) is 24.3 Å². The number of fused-ring (bicyclic) bond motifs is 1. The zero-order valence-electron chi connectivity index (χ0n) is 9.37. The Kier molecular flexibility index (Phi) is 3.22. The maximum absolute atomic E-state index is 5.73. The highest BCUT2D eigenvalue weighted by atomic mass is 14.6. The normalized spacial score (nSPS) is 17.7. The second-order valence-corrected chi connectivity index (χ2v) is 4.41. The summed E-state index contributed by atoms with van der Waals surface area (Å²) >= 11 is 0. The molecule has 15 heavy (non-hydrogen) atoms. The van der Waals surface area contributed by atoms with Crippen molar-refractivity contribution >= 4 is 6.08 Å². The lowest BCUT2D eigenvalue weighted by molar-refractivity contribution is 0.684. The SMILES string of the molecule is CC(N)/C=C/c1cccc2c1CCCC2. The Hall–Kier alpha value is -1.08. The van der Waals surface area contributed by atoms with Crippen LogP contribution in [0.1, 0.15) is 36.5 Å². The van der Waals surface area contributed by atoms with Crippen molar-refractivity contribution in [3.05, 3.63) is 41.0 Å². The third-order valence-electron chi connectivity index (χ3n) is 3.01. The van der Waals surface area contributed by atoms with Gasteiger partial charge in [-0.2, -0.15) is 0 Å². The molecule has 80 valence electrons. The average Bonchev–Trinajstić information content (AvgIpc) is 2.26. The maximum Gasteiger partial charge on any atom is 0.0198 e. The Labute approximate surface area is 92.0 Å². The molecule has 0 saturated heterocycles. The lowest BCUT2D eigenvalue weighted by Gasteiger charge is -2.17. The molecule has 0 spiro atoms. The summed E-state index contributed by atoms with van der Waals surface area (Å²) < 4.78 is 0. The van der Waals surface area contributed by atoms with Gasteiger partial charge >= 0.3 is 0 Å². The largest absolute Gasteiger partial charge is 0.325 e. The molecule has 0 radical (unpaired) electrons. The third kappa shape index (κ3) is 2.48. The summed E-state index contributed by atoms with van der Waals surface area (Å²) in [7, 11) is 0. The number of hydrogen-bond acceptors (Lipinski definition) is 1. The van der Waals surface area contributed by atoms with Crippen molar-refractivity contribution in [3.63, 3.8) is 0 Å². The number of hydrogen-bond donors (Lipinski definition) is 1. The quantitative estimate of drug-likeness (QED) is 0.782. The Morgan fingerprint density at radius 3 is 2.87 bits per heavy atom. The monoisotopic (exact) mass is 201 g/mol. The van der Waals surface area contributed by atoms with E-state index in [0.717, 1.165) is 0 Å². The molecule has 1 aliphatic carbocycles. The van der Waals surface area contributed by atoms with Gasteiger partial charge in [0, 0.05) is 6.04 Å². The molecular formula is C14H19N. The second kappa shape index (κ2) is 4.63. The molecule has 1 atom stereocenters. The van der Waals surface area contributed by atoms with Crippen LogP contribution in [0.4, 0.5) is 0 Å². The molecule has 1 heteroatoms. The van der Waals surface area contributed by atoms with Crippen molar-refractivity contribution in [1.82, 2.24) is 0 Å². The molecule has 1 unspecified atom stereocenters. The molecule has 0 bridgehead atoms. The van der Waals surface area contributed by atoms with E-state index in [4.69, 9.17) is 5.73 Å².